The van der Waals surface area contributed by atoms with Crippen molar-refractivity contribution in [2.75, 3.05) is 0 Å². The topological polar surface area (TPSA) is 12.9 Å². The molecule has 0 fully saturated rings. The van der Waals surface area contributed by atoms with Gasteiger partial charge in [0.25, 0.3) is 0 Å². The van der Waals surface area contributed by atoms with Crippen LogP contribution in [0.2, 0.25) is 0 Å². The molecule has 0 aliphatic rings. The molecule has 0 saturated heterocycles. The lowest BCUT2D eigenvalue weighted by Gasteiger charge is -2.14. The van der Waals surface area contributed by atoms with Gasteiger partial charge < -0.3 is 0 Å². The molecule has 42 heavy (non-hydrogen) atoms. The van der Waals surface area contributed by atoms with Crippen LogP contribution in [0.15, 0.2) is 164 Å². The zero-order valence-corrected chi connectivity index (χ0v) is 23.0. The van der Waals surface area contributed by atoms with Crippen molar-refractivity contribution < 1.29 is 0 Å². The summed E-state index contributed by atoms with van der Waals surface area (Å²) in [6.07, 6.45) is 0. The van der Waals surface area contributed by atoms with Crippen LogP contribution in [0.5, 0.6) is 0 Å². The number of rotatable bonds is 4. The highest BCUT2D eigenvalue weighted by atomic mass is 14.7. The minimum Gasteiger partial charge on any atom is -0.248 e. The molecule has 0 unspecified atom stereocenters. The van der Waals surface area contributed by atoms with Gasteiger partial charge in [-0.25, -0.2) is 4.98 Å². The van der Waals surface area contributed by atoms with E-state index in [0.717, 1.165) is 28.1 Å². The maximum absolute atomic E-state index is 5.30. The first-order chi connectivity index (χ1) is 20.8. The van der Waals surface area contributed by atoms with Crippen molar-refractivity contribution in [3.05, 3.63) is 164 Å². The molecule has 8 aromatic rings. The smallest absolute Gasteiger partial charge is 0.0721 e. The highest BCUT2D eigenvalue weighted by molar-refractivity contribution is 6.00. The molecule has 0 saturated carbocycles. The third kappa shape index (κ3) is 4.24. The van der Waals surface area contributed by atoms with Crippen LogP contribution in [0.1, 0.15) is 0 Å². The van der Waals surface area contributed by atoms with Gasteiger partial charge in [-0.1, -0.05) is 152 Å². The van der Waals surface area contributed by atoms with Crippen LogP contribution >= 0.6 is 0 Å². The normalized spacial score (nSPS) is 11.3. The first kappa shape index (κ1) is 24.3. The molecule has 0 atom stereocenters. The standard InChI is InChI=1S/C41H27N/c1-4-16-34-29(10-1)13-7-19-35(34)32-24-22-28(23-25-32)33-26-40(38-20-8-14-30-11-2-5-17-36(30)38)42-41(27-33)39-21-9-15-31-12-3-6-18-37(31)39/h1-27H. The SMILES string of the molecule is c1ccc2c(-c3ccc(-c4cc(-c5cccc6ccccc56)nc(-c5cccc6ccccc56)c4)cc3)cccc2c1. The third-order valence-corrected chi connectivity index (χ3v) is 8.28. The van der Waals surface area contributed by atoms with Crippen LogP contribution < -0.4 is 0 Å². The van der Waals surface area contributed by atoms with Crippen molar-refractivity contribution in [1.29, 1.82) is 0 Å². The van der Waals surface area contributed by atoms with E-state index in [0.29, 0.717) is 0 Å². The molecule has 0 aliphatic heterocycles. The second-order valence-corrected chi connectivity index (χ2v) is 10.8. The number of hydrogen-bond donors (Lipinski definition) is 0. The zero-order valence-electron chi connectivity index (χ0n) is 23.0. The molecule has 0 amide bonds. The summed E-state index contributed by atoms with van der Waals surface area (Å²) in [4.78, 5) is 5.30. The van der Waals surface area contributed by atoms with Gasteiger partial charge in [-0.15, -0.1) is 0 Å². The number of pyridine rings is 1. The Kier molecular flexibility index (Phi) is 5.86. The molecule has 1 aromatic heterocycles. The van der Waals surface area contributed by atoms with Gasteiger partial charge in [-0.05, 0) is 66.7 Å². The van der Waals surface area contributed by atoms with Crippen LogP contribution in [-0.4, -0.2) is 4.98 Å². The van der Waals surface area contributed by atoms with Gasteiger partial charge in [-0.2, -0.15) is 0 Å². The van der Waals surface area contributed by atoms with Gasteiger partial charge in [0.2, 0.25) is 0 Å². The third-order valence-electron chi connectivity index (χ3n) is 8.28. The van der Waals surface area contributed by atoms with E-state index in [1.54, 1.807) is 0 Å². The maximum atomic E-state index is 5.30. The van der Waals surface area contributed by atoms with Crippen molar-refractivity contribution in [2.45, 2.75) is 0 Å². The van der Waals surface area contributed by atoms with Crippen LogP contribution in [0.4, 0.5) is 0 Å². The lowest BCUT2D eigenvalue weighted by Crippen LogP contribution is -1.93. The summed E-state index contributed by atoms with van der Waals surface area (Å²) < 4.78 is 0. The summed E-state index contributed by atoms with van der Waals surface area (Å²) in [5, 5.41) is 7.38. The molecule has 196 valence electrons. The monoisotopic (exact) mass is 533 g/mol. The van der Waals surface area contributed by atoms with Crippen molar-refractivity contribution >= 4 is 32.3 Å². The van der Waals surface area contributed by atoms with Crippen LogP contribution in [-0.2, 0) is 0 Å². The number of nitrogens with zero attached hydrogens (tertiary/aromatic N) is 1. The summed E-state index contributed by atoms with van der Waals surface area (Å²) in [7, 11) is 0. The number of hydrogen-bond acceptors (Lipinski definition) is 1. The van der Waals surface area contributed by atoms with E-state index in [2.05, 4.69) is 164 Å². The Labute approximate surface area is 245 Å². The van der Waals surface area contributed by atoms with E-state index in [1.807, 2.05) is 0 Å². The molecule has 0 radical (unpaired) electrons. The Morgan fingerprint density at radius 3 is 1.17 bits per heavy atom. The number of benzene rings is 7. The lowest BCUT2D eigenvalue weighted by molar-refractivity contribution is 1.33. The van der Waals surface area contributed by atoms with Gasteiger partial charge in [0.1, 0.15) is 0 Å². The minimum absolute atomic E-state index is 0.977. The molecule has 1 heteroatoms. The first-order valence-electron chi connectivity index (χ1n) is 14.4. The molecular weight excluding hydrogens is 506 g/mol. The molecule has 0 N–H and O–H groups in total. The van der Waals surface area contributed by atoms with E-state index in [-0.39, 0.29) is 0 Å². The fraction of sp³-hybridized carbons (Fsp3) is 0. The van der Waals surface area contributed by atoms with Gasteiger partial charge in [0.05, 0.1) is 11.4 Å². The fourth-order valence-electron chi connectivity index (χ4n) is 6.19. The molecule has 1 heterocycles. The van der Waals surface area contributed by atoms with Crippen LogP contribution in [0.25, 0.3) is 77.1 Å². The largest absolute Gasteiger partial charge is 0.248 e. The molecule has 0 spiro atoms. The minimum atomic E-state index is 0.977. The average molecular weight is 534 g/mol. The van der Waals surface area contributed by atoms with Crippen molar-refractivity contribution in [3.8, 4) is 44.8 Å². The van der Waals surface area contributed by atoms with Crippen LogP contribution in [0, 0.1) is 0 Å². The first-order valence-corrected chi connectivity index (χ1v) is 14.4. The molecule has 7 aromatic carbocycles. The van der Waals surface area contributed by atoms with E-state index in [1.165, 1.54) is 49.0 Å². The second kappa shape index (κ2) is 10.1. The van der Waals surface area contributed by atoms with E-state index in [9.17, 15) is 0 Å². The van der Waals surface area contributed by atoms with Crippen molar-refractivity contribution in [1.82, 2.24) is 4.98 Å². The Morgan fingerprint density at radius 1 is 0.286 bits per heavy atom. The summed E-state index contributed by atoms with van der Waals surface area (Å²) in [6.45, 7) is 0. The lowest BCUT2D eigenvalue weighted by atomic mass is 9.94. The molecule has 8 rings (SSSR count). The molecular formula is C41H27N. The van der Waals surface area contributed by atoms with Gasteiger partial charge in [0.15, 0.2) is 0 Å². The van der Waals surface area contributed by atoms with Gasteiger partial charge in [-0.3, -0.25) is 0 Å². The molecule has 1 nitrogen and oxygen atoms in total. The highest BCUT2D eigenvalue weighted by Crippen LogP contribution is 2.37. The Balaban J connectivity index is 1.31. The summed E-state index contributed by atoms with van der Waals surface area (Å²) in [5.41, 5.74) is 9.03. The zero-order chi connectivity index (χ0) is 27.9. The summed E-state index contributed by atoms with van der Waals surface area (Å²) in [6, 6.07) is 58.6. The number of aromatic nitrogens is 1. The van der Waals surface area contributed by atoms with E-state index in [4.69, 9.17) is 4.98 Å². The predicted molar refractivity (Wildman–Crippen MR) is 178 cm³/mol. The fourth-order valence-corrected chi connectivity index (χ4v) is 6.19. The Bertz CT molecular complexity index is 2130. The number of fused-ring (bicyclic) bond motifs is 3. The maximum Gasteiger partial charge on any atom is 0.0721 e. The second-order valence-electron chi connectivity index (χ2n) is 10.8. The van der Waals surface area contributed by atoms with E-state index < -0.39 is 0 Å². The van der Waals surface area contributed by atoms with Crippen molar-refractivity contribution in [2.24, 2.45) is 0 Å². The van der Waals surface area contributed by atoms with Crippen molar-refractivity contribution in [3.63, 3.8) is 0 Å². The average Bonchev–Trinajstić information content (AvgIpc) is 3.07. The predicted octanol–water partition coefficient (Wildman–Crippen LogP) is 11.2. The van der Waals surface area contributed by atoms with Gasteiger partial charge >= 0.3 is 0 Å². The quantitative estimate of drug-likeness (QED) is 0.219. The summed E-state index contributed by atoms with van der Waals surface area (Å²) >= 11 is 0. The van der Waals surface area contributed by atoms with Gasteiger partial charge in [0, 0.05) is 11.1 Å². The molecule has 0 bridgehead atoms. The molecule has 0 aliphatic carbocycles. The van der Waals surface area contributed by atoms with Crippen LogP contribution in [0.3, 0.4) is 0 Å². The Hall–Kier alpha value is -5.53. The summed E-state index contributed by atoms with van der Waals surface area (Å²) in [5.74, 6) is 0. The highest BCUT2D eigenvalue weighted by Gasteiger charge is 2.13. The Morgan fingerprint density at radius 2 is 0.667 bits per heavy atom. The van der Waals surface area contributed by atoms with E-state index >= 15 is 0 Å².